The second kappa shape index (κ2) is 7.10. The number of ether oxygens (including phenoxy) is 1. The summed E-state index contributed by atoms with van der Waals surface area (Å²) in [7, 11) is -2.54. The third-order valence-electron chi connectivity index (χ3n) is 2.46. The van der Waals surface area contributed by atoms with Crippen LogP contribution in [0.4, 0.5) is 5.69 Å². The lowest BCUT2D eigenvalue weighted by molar-refractivity contribution is 0.0600. The largest absolute Gasteiger partial charge is 0.465 e. The smallest absolute Gasteiger partial charge is 0.337 e. The topological polar surface area (TPSA) is 92.7 Å². The molecule has 0 spiro atoms. The number of benzene rings is 1. The summed E-state index contributed by atoms with van der Waals surface area (Å²) >= 11 is 0. The summed E-state index contributed by atoms with van der Waals surface area (Å²) in [6, 6.07) is 6.78. The molecule has 0 aliphatic heterocycles. The Morgan fingerprint density at radius 1 is 1.26 bits per heavy atom. The van der Waals surface area contributed by atoms with Crippen LogP contribution in [0.1, 0.15) is 23.2 Å². The number of carbonyl (C=O) groups excluding carboxylic acids is 1. The van der Waals surface area contributed by atoms with E-state index in [2.05, 4.69) is 10.1 Å². The van der Waals surface area contributed by atoms with Crippen LogP contribution in [0, 0.1) is 0 Å². The Bertz CT molecular complexity index is 509. The van der Waals surface area contributed by atoms with E-state index in [1.54, 1.807) is 24.3 Å². The predicted molar refractivity (Wildman–Crippen MR) is 71.9 cm³/mol. The Kier molecular flexibility index (Phi) is 5.78. The molecule has 0 amide bonds. The first kappa shape index (κ1) is 15.5. The van der Waals surface area contributed by atoms with Crippen LogP contribution in [-0.2, 0) is 14.9 Å². The normalized spacial score (nSPS) is 11.1. The number of hydrogen-bond acceptors (Lipinski definition) is 5. The van der Waals surface area contributed by atoms with Gasteiger partial charge in [0, 0.05) is 12.2 Å². The van der Waals surface area contributed by atoms with Crippen LogP contribution in [0.2, 0.25) is 0 Å². The zero-order chi connectivity index (χ0) is 14.3. The molecule has 6 nitrogen and oxygen atoms in total. The highest BCUT2D eigenvalue weighted by atomic mass is 32.2. The van der Waals surface area contributed by atoms with E-state index in [1.807, 2.05) is 0 Å². The quantitative estimate of drug-likeness (QED) is 0.449. The summed E-state index contributed by atoms with van der Waals surface area (Å²) in [5.74, 6) is -0.615. The molecule has 106 valence electrons. The molecule has 1 aromatic rings. The van der Waals surface area contributed by atoms with Crippen LogP contribution >= 0.6 is 0 Å². The van der Waals surface area contributed by atoms with E-state index < -0.39 is 10.1 Å². The van der Waals surface area contributed by atoms with E-state index in [0.29, 0.717) is 24.9 Å². The average molecular weight is 287 g/mol. The molecule has 19 heavy (non-hydrogen) atoms. The molecule has 0 heterocycles. The molecule has 0 bridgehead atoms. The van der Waals surface area contributed by atoms with Gasteiger partial charge in [0.1, 0.15) is 0 Å². The van der Waals surface area contributed by atoms with Crippen molar-refractivity contribution in [3.63, 3.8) is 0 Å². The van der Waals surface area contributed by atoms with Crippen LogP contribution in [0.5, 0.6) is 0 Å². The van der Waals surface area contributed by atoms with Gasteiger partial charge in [-0.05, 0) is 37.1 Å². The second-order valence-corrected chi connectivity index (χ2v) is 5.56. The van der Waals surface area contributed by atoms with Crippen LogP contribution in [0.3, 0.4) is 0 Å². The van der Waals surface area contributed by atoms with Crippen molar-refractivity contribution in [2.75, 3.05) is 24.7 Å². The second-order valence-electron chi connectivity index (χ2n) is 3.99. The Morgan fingerprint density at radius 2 is 1.89 bits per heavy atom. The SMILES string of the molecule is COC(=O)c1ccc(NCCCCS(=O)(=O)O)cc1. The van der Waals surface area contributed by atoms with Gasteiger partial charge in [0.2, 0.25) is 0 Å². The van der Waals surface area contributed by atoms with Crippen LogP contribution < -0.4 is 5.32 Å². The Labute approximate surface area is 112 Å². The molecule has 0 radical (unpaired) electrons. The summed E-state index contributed by atoms with van der Waals surface area (Å²) < 4.78 is 34.1. The van der Waals surface area contributed by atoms with Gasteiger partial charge in [0.25, 0.3) is 10.1 Å². The van der Waals surface area contributed by atoms with Gasteiger partial charge in [-0.1, -0.05) is 0 Å². The highest BCUT2D eigenvalue weighted by molar-refractivity contribution is 7.85. The maximum absolute atomic E-state index is 11.2. The van der Waals surface area contributed by atoms with Crippen LogP contribution in [0.15, 0.2) is 24.3 Å². The van der Waals surface area contributed by atoms with Crippen molar-refractivity contribution >= 4 is 21.8 Å². The first-order valence-electron chi connectivity index (χ1n) is 5.80. The van der Waals surface area contributed by atoms with E-state index in [9.17, 15) is 13.2 Å². The molecule has 0 saturated carbocycles. The van der Waals surface area contributed by atoms with E-state index in [0.717, 1.165) is 5.69 Å². The molecule has 1 rings (SSSR count). The standard InChI is InChI=1S/C12H17NO5S/c1-18-12(14)10-4-6-11(7-5-10)13-8-2-3-9-19(15,16)17/h4-7,13H,2-3,8-9H2,1H3,(H,15,16,17). The fourth-order valence-electron chi connectivity index (χ4n) is 1.48. The minimum absolute atomic E-state index is 0.226. The number of unbranched alkanes of at least 4 members (excludes halogenated alkanes) is 1. The fraction of sp³-hybridized carbons (Fsp3) is 0.417. The molecule has 0 aliphatic carbocycles. The molecule has 0 unspecified atom stereocenters. The van der Waals surface area contributed by atoms with Crippen LogP contribution in [0.25, 0.3) is 0 Å². The van der Waals surface area contributed by atoms with Gasteiger partial charge in [-0.25, -0.2) is 4.79 Å². The average Bonchev–Trinajstić information content (AvgIpc) is 2.37. The highest BCUT2D eigenvalue weighted by Crippen LogP contribution is 2.10. The van der Waals surface area contributed by atoms with E-state index in [1.165, 1.54) is 7.11 Å². The molecule has 7 heteroatoms. The monoisotopic (exact) mass is 287 g/mol. The number of hydrogen-bond donors (Lipinski definition) is 2. The third-order valence-corrected chi connectivity index (χ3v) is 3.27. The number of anilines is 1. The van der Waals surface area contributed by atoms with Crippen molar-refractivity contribution in [1.29, 1.82) is 0 Å². The number of nitrogens with one attached hydrogen (secondary N) is 1. The lowest BCUT2D eigenvalue weighted by atomic mass is 10.2. The number of esters is 1. The summed E-state index contributed by atoms with van der Waals surface area (Å²) in [4.78, 5) is 11.2. The lowest BCUT2D eigenvalue weighted by Crippen LogP contribution is -2.07. The maximum atomic E-state index is 11.2. The lowest BCUT2D eigenvalue weighted by Gasteiger charge is -2.06. The third kappa shape index (κ3) is 6.21. The summed E-state index contributed by atoms with van der Waals surface area (Å²) in [5.41, 5.74) is 1.30. The molecule has 0 fully saturated rings. The Balaban J connectivity index is 2.32. The zero-order valence-corrected chi connectivity index (χ0v) is 11.4. The van der Waals surface area contributed by atoms with E-state index >= 15 is 0 Å². The number of carbonyl (C=O) groups is 1. The predicted octanol–water partition coefficient (Wildman–Crippen LogP) is 1.55. The molecule has 0 aromatic heterocycles. The van der Waals surface area contributed by atoms with Gasteiger partial charge in [-0.15, -0.1) is 0 Å². The maximum Gasteiger partial charge on any atom is 0.337 e. The molecule has 0 atom stereocenters. The number of rotatable bonds is 7. The minimum Gasteiger partial charge on any atom is -0.465 e. The Hall–Kier alpha value is -1.60. The molecular weight excluding hydrogens is 270 g/mol. The van der Waals surface area contributed by atoms with Gasteiger partial charge in [-0.3, -0.25) is 4.55 Å². The van der Waals surface area contributed by atoms with Gasteiger partial charge < -0.3 is 10.1 Å². The first-order valence-corrected chi connectivity index (χ1v) is 7.41. The zero-order valence-electron chi connectivity index (χ0n) is 10.6. The summed E-state index contributed by atoms with van der Waals surface area (Å²) in [5, 5.41) is 3.09. The van der Waals surface area contributed by atoms with Crippen molar-refractivity contribution < 1.29 is 22.5 Å². The van der Waals surface area contributed by atoms with Crippen molar-refractivity contribution in [2.45, 2.75) is 12.8 Å². The van der Waals surface area contributed by atoms with Crippen molar-refractivity contribution in [1.82, 2.24) is 0 Å². The molecule has 0 aliphatic rings. The number of methoxy groups -OCH3 is 1. The Morgan fingerprint density at radius 3 is 2.42 bits per heavy atom. The molecule has 1 aromatic carbocycles. The van der Waals surface area contributed by atoms with Crippen molar-refractivity contribution in [3.8, 4) is 0 Å². The summed E-state index contributed by atoms with van der Waals surface area (Å²) in [6.45, 7) is 0.590. The minimum atomic E-state index is -3.87. The van der Waals surface area contributed by atoms with Crippen molar-refractivity contribution in [3.05, 3.63) is 29.8 Å². The van der Waals surface area contributed by atoms with E-state index in [-0.39, 0.29) is 11.7 Å². The van der Waals surface area contributed by atoms with Crippen molar-refractivity contribution in [2.24, 2.45) is 0 Å². The highest BCUT2D eigenvalue weighted by Gasteiger charge is 2.05. The van der Waals surface area contributed by atoms with E-state index in [4.69, 9.17) is 4.55 Å². The van der Waals surface area contributed by atoms with Gasteiger partial charge >= 0.3 is 5.97 Å². The van der Waals surface area contributed by atoms with Gasteiger partial charge in [-0.2, -0.15) is 8.42 Å². The molecule has 2 N–H and O–H groups in total. The van der Waals surface area contributed by atoms with Gasteiger partial charge in [0.15, 0.2) is 0 Å². The fourth-order valence-corrected chi connectivity index (χ4v) is 2.05. The first-order chi connectivity index (χ1) is 8.92. The summed E-state index contributed by atoms with van der Waals surface area (Å²) in [6.07, 6.45) is 1.02. The van der Waals surface area contributed by atoms with Gasteiger partial charge in [0.05, 0.1) is 18.4 Å². The molecule has 0 saturated heterocycles. The van der Waals surface area contributed by atoms with Crippen LogP contribution in [-0.4, -0.2) is 38.3 Å². The molecular formula is C12H17NO5S.